The minimum absolute atomic E-state index is 0.558. The second-order valence-electron chi connectivity index (χ2n) is 5.40. The van der Waals surface area contributed by atoms with Crippen molar-refractivity contribution < 1.29 is 0 Å². The van der Waals surface area contributed by atoms with Gasteiger partial charge in [0, 0.05) is 19.1 Å². The van der Waals surface area contributed by atoms with Crippen LogP contribution in [0.4, 0.5) is 0 Å². The van der Waals surface area contributed by atoms with Crippen LogP contribution in [0.15, 0.2) is 4.99 Å². The highest BCUT2D eigenvalue weighted by molar-refractivity contribution is 5.81. The first-order valence-corrected chi connectivity index (χ1v) is 7.03. The van der Waals surface area contributed by atoms with Gasteiger partial charge in [0.25, 0.3) is 0 Å². The molecule has 4 heteroatoms. The van der Waals surface area contributed by atoms with E-state index in [-0.39, 0.29) is 0 Å². The van der Waals surface area contributed by atoms with Crippen molar-refractivity contribution in [2.75, 3.05) is 32.7 Å². The molecule has 0 bridgehead atoms. The van der Waals surface area contributed by atoms with E-state index in [1.165, 1.54) is 32.4 Å². The highest BCUT2D eigenvalue weighted by Gasteiger charge is 2.19. The summed E-state index contributed by atoms with van der Waals surface area (Å²) in [5, 5.41) is 6.93. The average Bonchev–Trinajstić information content (AvgIpc) is 2.79. The smallest absolute Gasteiger partial charge is 0.194 e. The van der Waals surface area contributed by atoms with Crippen molar-refractivity contribution in [3.05, 3.63) is 0 Å². The first kappa shape index (κ1) is 12.7. The third kappa shape index (κ3) is 3.60. The fourth-order valence-corrected chi connectivity index (χ4v) is 2.68. The Labute approximate surface area is 105 Å². The number of piperidine rings is 1. The SMILES string of the molecule is CC(C)N1CCN=C1NCCC1CCNCC1. The Kier molecular flexibility index (Phi) is 4.66. The standard InChI is InChI=1S/C13H26N4/c1-11(2)17-10-9-16-13(17)15-8-5-12-3-6-14-7-4-12/h11-12,14H,3-10H2,1-2H3,(H,15,16). The van der Waals surface area contributed by atoms with E-state index in [0.717, 1.165) is 31.5 Å². The molecule has 2 aliphatic rings. The predicted octanol–water partition coefficient (Wildman–Crippen LogP) is 1.05. The van der Waals surface area contributed by atoms with E-state index >= 15 is 0 Å². The van der Waals surface area contributed by atoms with Crippen molar-refractivity contribution >= 4 is 5.96 Å². The molecule has 0 spiro atoms. The number of nitrogens with one attached hydrogen (secondary N) is 2. The molecule has 0 aromatic carbocycles. The van der Waals surface area contributed by atoms with Crippen LogP contribution in [0.2, 0.25) is 0 Å². The summed E-state index contributed by atoms with van der Waals surface area (Å²) in [4.78, 5) is 6.90. The van der Waals surface area contributed by atoms with Crippen LogP contribution in [0.3, 0.4) is 0 Å². The molecule has 0 unspecified atom stereocenters. The van der Waals surface area contributed by atoms with Gasteiger partial charge < -0.3 is 15.5 Å². The Hall–Kier alpha value is -0.770. The van der Waals surface area contributed by atoms with Crippen molar-refractivity contribution in [3.63, 3.8) is 0 Å². The van der Waals surface area contributed by atoms with Gasteiger partial charge >= 0.3 is 0 Å². The van der Waals surface area contributed by atoms with Crippen LogP contribution in [-0.2, 0) is 0 Å². The Morgan fingerprint density at radius 3 is 2.88 bits per heavy atom. The average molecular weight is 238 g/mol. The van der Waals surface area contributed by atoms with Gasteiger partial charge in [0.1, 0.15) is 0 Å². The summed E-state index contributed by atoms with van der Waals surface area (Å²) >= 11 is 0. The van der Waals surface area contributed by atoms with Crippen molar-refractivity contribution in [1.29, 1.82) is 0 Å². The Balaban J connectivity index is 1.67. The van der Waals surface area contributed by atoms with Gasteiger partial charge in [-0.1, -0.05) is 0 Å². The van der Waals surface area contributed by atoms with Gasteiger partial charge in [-0.25, -0.2) is 0 Å². The fourth-order valence-electron chi connectivity index (χ4n) is 2.68. The second kappa shape index (κ2) is 6.24. The molecule has 2 heterocycles. The zero-order chi connectivity index (χ0) is 12.1. The van der Waals surface area contributed by atoms with Gasteiger partial charge in [-0.3, -0.25) is 4.99 Å². The number of nitrogens with zero attached hydrogens (tertiary/aromatic N) is 2. The summed E-state index contributed by atoms with van der Waals surface area (Å²) in [7, 11) is 0. The minimum atomic E-state index is 0.558. The van der Waals surface area contributed by atoms with E-state index in [1.54, 1.807) is 0 Å². The summed E-state index contributed by atoms with van der Waals surface area (Å²) < 4.78 is 0. The van der Waals surface area contributed by atoms with Crippen molar-refractivity contribution in [1.82, 2.24) is 15.5 Å². The van der Waals surface area contributed by atoms with E-state index in [4.69, 9.17) is 0 Å². The van der Waals surface area contributed by atoms with Crippen LogP contribution in [0, 0.1) is 5.92 Å². The first-order valence-electron chi connectivity index (χ1n) is 7.03. The second-order valence-corrected chi connectivity index (χ2v) is 5.40. The summed E-state index contributed by atoms with van der Waals surface area (Å²) in [5.74, 6) is 2.02. The number of hydrogen-bond acceptors (Lipinski definition) is 4. The molecule has 0 amide bonds. The molecule has 1 saturated heterocycles. The van der Waals surface area contributed by atoms with Gasteiger partial charge in [0.2, 0.25) is 0 Å². The predicted molar refractivity (Wildman–Crippen MR) is 72.4 cm³/mol. The summed E-state index contributed by atoms with van der Waals surface area (Å²) in [6.45, 7) is 9.96. The summed E-state index contributed by atoms with van der Waals surface area (Å²) in [6.07, 6.45) is 3.96. The Bertz CT molecular complexity index is 256. The van der Waals surface area contributed by atoms with E-state index in [2.05, 4.69) is 34.4 Å². The minimum Gasteiger partial charge on any atom is -0.356 e. The lowest BCUT2D eigenvalue weighted by atomic mass is 9.95. The molecule has 0 atom stereocenters. The first-order chi connectivity index (χ1) is 8.27. The normalized spacial score (nSPS) is 22.1. The fraction of sp³-hybridized carbons (Fsp3) is 0.923. The zero-order valence-electron chi connectivity index (χ0n) is 11.2. The molecule has 98 valence electrons. The van der Waals surface area contributed by atoms with Gasteiger partial charge in [0.05, 0.1) is 6.54 Å². The van der Waals surface area contributed by atoms with Gasteiger partial charge in [0.15, 0.2) is 5.96 Å². The summed E-state index contributed by atoms with van der Waals surface area (Å²) in [6, 6.07) is 0.558. The molecule has 0 aromatic rings. The monoisotopic (exact) mass is 238 g/mol. The van der Waals surface area contributed by atoms with Crippen LogP contribution in [0.1, 0.15) is 33.1 Å². The maximum atomic E-state index is 4.54. The number of guanidine groups is 1. The molecular weight excluding hydrogens is 212 g/mol. The van der Waals surface area contributed by atoms with Crippen LogP contribution in [-0.4, -0.2) is 49.6 Å². The molecule has 1 fully saturated rings. The molecule has 2 N–H and O–H groups in total. The molecule has 2 aliphatic heterocycles. The van der Waals surface area contributed by atoms with Gasteiger partial charge in [-0.2, -0.15) is 0 Å². The number of hydrogen-bond donors (Lipinski definition) is 2. The van der Waals surface area contributed by atoms with Gasteiger partial charge in [-0.15, -0.1) is 0 Å². The van der Waals surface area contributed by atoms with Crippen molar-refractivity contribution in [2.24, 2.45) is 10.9 Å². The summed E-state index contributed by atoms with van der Waals surface area (Å²) in [5.41, 5.74) is 0. The lowest BCUT2D eigenvalue weighted by Gasteiger charge is -2.26. The third-order valence-electron chi connectivity index (χ3n) is 3.79. The lowest BCUT2D eigenvalue weighted by molar-refractivity contribution is 0.344. The van der Waals surface area contributed by atoms with Crippen LogP contribution < -0.4 is 10.6 Å². The quantitative estimate of drug-likeness (QED) is 0.769. The molecule has 0 saturated carbocycles. The Morgan fingerprint density at radius 2 is 2.18 bits per heavy atom. The molecule has 4 nitrogen and oxygen atoms in total. The van der Waals surface area contributed by atoms with Crippen molar-refractivity contribution in [3.8, 4) is 0 Å². The zero-order valence-corrected chi connectivity index (χ0v) is 11.2. The topological polar surface area (TPSA) is 39.7 Å². The third-order valence-corrected chi connectivity index (χ3v) is 3.79. The highest BCUT2D eigenvalue weighted by Crippen LogP contribution is 2.15. The van der Waals surface area contributed by atoms with E-state index in [0.29, 0.717) is 6.04 Å². The van der Waals surface area contributed by atoms with E-state index in [1.807, 2.05) is 0 Å². The molecule has 0 radical (unpaired) electrons. The number of rotatable bonds is 4. The number of aliphatic imine (C=N–C) groups is 1. The van der Waals surface area contributed by atoms with E-state index < -0.39 is 0 Å². The Morgan fingerprint density at radius 1 is 1.41 bits per heavy atom. The van der Waals surface area contributed by atoms with Crippen LogP contribution >= 0.6 is 0 Å². The molecule has 0 aromatic heterocycles. The van der Waals surface area contributed by atoms with Crippen LogP contribution in [0.5, 0.6) is 0 Å². The van der Waals surface area contributed by atoms with Crippen LogP contribution in [0.25, 0.3) is 0 Å². The highest BCUT2D eigenvalue weighted by atomic mass is 15.3. The van der Waals surface area contributed by atoms with Gasteiger partial charge in [-0.05, 0) is 52.1 Å². The molecule has 2 rings (SSSR count). The maximum Gasteiger partial charge on any atom is 0.194 e. The molecule has 0 aliphatic carbocycles. The van der Waals surface area contributed by atoms with Crippen molar-refractivity contribution in [2.45, 2.75) is 39.2 Å². The maximum absolute atomic E-state index is 4.54. The molecule has 17 heavy (non-hydrogen) atoms. The lowest BCUT2D eigenvalue weighted by Crippen LogP contribution is -2.43. The molecular formula is C13H26N4. The van der Waals surface area contributed by atoms with E-state index in [9.17, 15) is 0 Å². The largest absolute Gasteiger partial charge is 0.356 e.